The number of hydrogen-bond acceptors (Lipinski definition) is 5. The van der Waals surface area contributed by atoms with Gasteiger partial charge in [0.15, 0.2) is 15.7 Å². The van der Waals surface area contributed by atoms with Crippen molar-refractivity contribution in [2.24, 2.45) is 5.92 Å². The van der Waals surface area contributed by atoms with E-state index in [1.54, 1.807) is 12.1 Å². The Morgan fingerprint density at radius 2 is 2.14 bits per heavy atom. The molecule has 0 amide bonds. The van der Waals surface area contributed by atoms with E-state index in [1.165, 1.54) is 31.9 Å². The first kappa shape index (κ1) is 17.2. The topological polar surface area (TPSA) is 62.3 Å². The van der Waals surface area contributed by atoms with Gasteiger partial charge < -0.3 is 10.2 Å². The van der Waals surface area contributed by atoms with Crippen LogP contribution in [-0.4, -0.2) is 44.0 Å². The third-order valence-electron chi connectivity index (χ3n) is 4.62. The fourth-order valence-electron chi connectivity index (χ4n) is 3.15. The van der Waals surface area contributed by atoms with Gasteiger partial charge in [-0.05, 0) is 58.2 Å². The highest BCUT2D eigenvalue weighted by Crippen LogP contribution is 2.33. The molecule has 0 saturated carbocycles. The van der Waals surface area contributed by atoms with Crippen molar-refractivity contribution in [3.63, 3.8) is 0 Å². The predicted octanol–water partition coefficient (Wildman–Crippen LogP) is 2.36. The molecule has 1 aromatic heterocycles. The quantitative estimate of drug-likeness (QED) is 0.595. The summed E-state index contributed by atoms with van der Waals surface area (Å²) in [6.07, 6.45) is 4.81. The lowest BCUT2D eigenvalue weighted by Gasteiger charge is -2.26. The molecule has 1 aliphatic rings. The summed E-state index contributed by atoms with van der Waals surface area (Å²) in [6, 6.07) is 5.03. The van der Waals surface area contributed by atoms with Crippen molar-refractivity contribution in [2.75, 3.05) is 25.5 Å². The van der Waals surface area contributed by atoms with E-state index >= 15 is 0 Å². The number of hydrogen-bond donors (Lipinski definition) is 2. The molecule has 2 heterocycles. The van der Waals surface area contributed by atoms with Crippen molar-refractivity contribution in [2.45, 2.75) is 50.1 Å². The average Bonchev–Trinajstić information content (AvgIpc) is 2.72. The lowest BCUT2D eigenvalue weighted by atomic mass is 9.93. The molecule has 1 fully saturated rings. The highest BCUT2D eigenvalue weighted by Gasteiger charge is 2.34. The Kier molecular flexibility index (Phi) is 5.81. The Morgan fingerprint density at radius 1 is 1.36 bits per heavy atom. The van der Waals surface area contributed by atoms with Gasteiger partial charge in [-0.3, -0.25) is 0 Å². The molecule has 6 heteroatoms. The Morgan fingerprint density at radius 3 is 2.77 bits per heavy atom. The van der Waals surface area contributed by atoms with E-state index in [1.807, 2.05) is 0 Å². The van der Waals surface area contributed by atoms with Crippen LogP contribution in [0.2, 0.25) is 0 Å². The molecule has 1 aromatic rings. The van der Waals surface area contributed by atoms with Gasteiger partial charge in [0, 0.05) is 18.6 Å². The van der Waals surface area contributed by atoms with E-state index in [4.69, 9.17) is 0 Å². The van der Waals surface area contributed by atoms with Crippen molar-refractivity contribution < 1.29 is 8.42 Å². The van der Waals surface area contributed by atoms with E-state index in [0.717, 1.165) is 18.9 Å². The minimum atomic E-state index is -2.61. The standard InChI is InChI=1S/C16H27N3O2S/c1-16(2)11-13(12-19(16)3)7-4-5-10-17-14-8-6-9-15(18-14)22(20)21/h6,8-9,13,22H,4-5,7,10-12H2,1-3H3,(H,17,18). The van der Waals surface area contributed by atoms with Gasteiger partial charge in [-0.1, -0.05) is 12.5 Å². The number of likely N-dealkylation sites (tertiary alicyclic amines) is 1. The van der Waals surface area contributed by atoms with Crippen LogP contribution >= 0.6 is 0 Å². The summed E-state index contributed by atoms with van der Waals surface area (Å²) < 4.78 is 21.8. The first-order valence-electron chi connectivity index (χ1n) is 7.95. The minimum absolute atomic E-state index is 0.122. The van der Waals surface area contributed by atoms with Crippen LogP contribution in [0.4, 0.5) is 5.82 Å². The smallest absolute Gasteiger partial charge is 0.185 e. The summed E-state index contributed by atoms with van der Waals surface area (Å²) in [5, 5.41) is 3.32. The Bertz CT molecular complexity index is 564. The average molecular weight is 325 g/mol. The van der Waals surface area contributed by atoms with Crippen molar-refractivity contribution >= 4 is 16.5 Å². The fraction of sp³-hybridized carbons (Fsp3) is 0.688. The highest BCUT2D eigenvalue weighted by molar-refractivity contribution is 7.72. The van der Waals surface area contributed by atoms with Crippen molar-refractivity contribution in [3.8, 4) is 0 Å². The van der Waals surface area contributed by atoms with E-state index < -0.39 is 10.7 Å². The van der Waals surface area contributed by atoms with Crippen LogP contribution in [0.25, 0.3) is 0 Å². The number of aromatic nitrogens is 1. The lowest BCUT2D eigenvalue weighted by molar-refractivity contribution is 0.218. The maximum absolute atomic E-state index is 10.9. The number of rotatable bonds is 7. The van der Waals surface area contributed by atoms with Gasteiger partial charge >= 0.3 is 0 Å². The summed E-state index contributed by atoms with van der Waals surface area (Å²) in [5.41, 5.74) is 0.336. The third kappa shape index (κ3) is 4.68. The predicted molar refractivity (Wildman–Crippen MR) is 90.0 cm³/mol. The van der Waals surface area contributed by atoms with Crippen molar-refractivity contribution in [1.82, 2.24) is 9.88 Å². The molecule has 5 nitrogen and oxygen atoms in total. The van der Waals surface area contributed by atoms with Gasteiger partial charge in [-0.15, -0.1) is 0 Å². The van der Waals surface area contributed by atoms with E-state index in [0.29, 0.717) is 11.4 Å². The molecule has 2 rings (SSSR count). The largest absolute Gasteiger partial charge is 0.370 e. The Labute approximate surface area is 135 Å². The van der Waals surface area contributed by atoms with Crippen LogP contribution in [0.15, 0.2) is 23.2 Å². The number of unbranched alkanes of at least 4 members (excludes halogenated alkanes) is 1. The van der Waals surface area contributed by atoms with Crippen LogP contribution in [-0.2, 0) is 10.7 Å². The number of thiol groups is 1. The molecule has 0 radical (unpaired) electrons. The monoisotopic (exact) mass is 325 g/mol. The van der Waals surface area contributed by atoms with Crippen LogP contribution in [0.5, 0.6) is 0 Å². The van der Waals surface area contributed by atoms with Crippen LogP contribution in [0.3, 0.4) is 0 Å². The molecule has 1 atom stereocenters. The summed E-state index contributed by atoms with van der Waals surface area (Å²) in [5.74, 6) is 1.43. The summed E-state index contributed by atoms with van der Waals surface area (Å²) in [6.45, 7) is 6.65. The molecule has 1 saturated heterocycles. The molecule has 0 spiro atoms. The van der Waals surface area contributed by atoms with Crippen molar-refractivity contribution in [1.29, 1.82) is 0 Å². The summed E-state index contributed by atoms with van der Waals surface area (Å²) in [4.78, 5) is 6.52. The Balaban J connectivity index is 1.67. The first-order valence-corrected chi connectivity index (χ1v) is 9.13. The van der Waals surface area contributed by atoms with Gasteiger partial charge in [0.1, 0.15) is 5.82 Å². The molecule has 22 heavy (non-hydrogen) atoms. The number of nitrogens with zero attached hydrogens (tertiary/aromatic N) is 2. The van der Waals surface area contributed by atoms with E-state index in [2.05, 4.69) is 36.1 Å². The zero-order valence-corrected chi connectivity index (χ0v) is 14.6. The molecule has 0 aliphatic carbocycles. The van der Waals surface area contributed by atoms with E-state index in [-0.39, 0.29) is 5.03 Å². The lowest BCUT2D eigenvalue weighted by Crippen LogP contribution is -2.34. The van der Waals surface area contributed by atoms with Gasteiger partial charge in [0.2, 0.25) is 0 Å². The van der Waals surface area contributed by atoms with Crippen LogP contribution in [0.1, 0.15) is 39.5 Å². The van der Waals surface area contributed by atoms with Crippen LogP contribution < -0.4 is 5.32 Å². The maximum atomic E-state index is 10.9. The van der Waals surface area contributed by atoms with Gasteiger partial charge in [-0.2, -0.15) is 0 Å². The molecule has 1 aliphatic heterocycles. The SMILES string of the molecule is CN1CC(CCCCNc2cccc([SH](=O)=O)n2)CC1(C)C. The van der Waals surface area contributed by atoms with Gasteiger partial charge in [0.25, 0.3) is 0 Å². The van der Waals surface area contributed by atoms with Crippen LogP contribution in [0, 0.1) is 5.92 Å². The Hall–Kier alpha value is -1.14. The molecule has 0 bridgehead atoms. The zero-order chi connectivity index (χ0) is 16.2. The molecule has 0 aromatic carbocycles. The summed E-state index contributed by atoms with van der Waals surface area (Å²) in [7, 11) is -0.400. The second-order valence-corrected chi connectivity index (χ2v) is 7.80. The minimum Gasteiger partial charge on any atom is -0.370 e. The second-order valence-electron chi connectivity index (χ2n) is 6.82. The zero-order valence-electron chi connectivity index (χ0n) is 13.7. The first-order chi connectivity index (χ1) is 10.4. The second kappa shape index (κ2) is 7.42. The number of nitrogens with one attached hydrogen (secondary N) is 1. The number of anilines is 1. The fourth-order valence-corrected chi connectivity index (χ4v) is 3.55. The van der Waals surface area contributed by atoms with Gasteiger partial charge in [-0.25, -0.2) is 13.4 Å². The highest BCUT2D eigenvalue weighted by atomic mass is 32.2. The molecule has 124 valence electrons. The molecule has 1 unspecified atom stereocenters. The molecular formula is C16H27N3O2S. The summed E-state index contributed by atoms with van der Waals surface area (Å²) >= 11 is 0. The normalized spacial score (nSPS) is 21.4. The molecular weight excluding hydrogens is 298 g/mol. The van der Waals surface area contributed by atoms with E-state index in [9.17, 15) is 8.42 Å². The third-order valence-corrected chi connectivity index (χ3v) is 5.24. The van der Waals surface area contributed by atoms with Gasteiger partial charge in [0.05, 0.1) is 0 Å². The molecule has 1 N–H and O–H groups in total. The van der Waals surface area contributed by atoms with Crippen molar-refractivity contribution in [3.05, 3.63) is 18.2 Å². The maximum Gasteiger partial charge on any atom is 0.185 e. The number of pyridine rings is 1.